The van der Waals surface area contributed by atoms with E-state index >= 15 is 0 Å². The molecule has 0 spiro atoms. The molecule has 0 saturated heterocycles. The van der Waals surface area contributed by atoms with Gasteiger partial charge >= 0.3 is 6.36 Å². The standard InChI is InChI=1S/C28H42F3N3O3.C11H13N3/c1-6-8-19(4)25(34-27(36)33-23-13-15-24(16-14-23)37-28(29,30)31)20(5)26(35)32-22-11-9-21(10-12-22)17-18(3)7-2;1-8-12-10-7-5-4-6-9(10)11(13-8)14(2)3/h8,13-16,18,21-22,27,33-34,36H,6-7,9-12,17H2,1-5H3,(H,32,35);4-7H,1-3H3/b19-8-,25-20-;. The molecule has 1 fully saturated rings. The van der Waals surface area contributed by atoms with Crippen LogP contribution in [0.2, 0.25) is 0 Å². The Hall–Kier alpha value is -4.32. The number of rotatable bonds is 13. The molecule has 0 radical (unpaired) electrons. The maximum absolute atomic E-state index is 13.1. The molecule has 2 unspecified atom stereocenters. The monoisotopic (exact) mass is 712 g/mol. The molecular weight excluding hydrogens is 657 g/mol. The summed E-state index contributed by atoms with van der Waals surface area (Å²) in [6.45, 7) is 12.0. The van der Waals surface area contributed by atoms with Gasteiger partial charge in [-0.2, -0.15) is 0 Å². The van der Waals surface area contributed by atoms with Gasteiger partial charge in [0, 0.05) is 42.5 Å². The van der Waals surface area contributed by atoms with Crippen LogP contribution >= 0.6 is 0 Å². The number of aliphatic hydroxyl groups is 1. The molecule has 2 aromatic carbocycles. The maximum Gasteiger partial charge on any atom is 0.573 e. The van der Waals surface area contributed by atoms with Crippen LogP contribution < -0.4 is 25.6 Å². The predicted molar refractivity (Wildman–Crippen MR) is 199 cm³/mol. The number of hydrogen-bond acceptors (Lipinski definition) is 8. The summed E-state index contributed by atoms with van der Waals surface area (Å²) in [7, 11) is 3.99. The third-order valence-corrected chi connectivity index (χ3v) is 9.03. The number of fused-ring (bicyclic) bond motifs is 1. The van der Waals surface area contributed by atoms with Gasteiger partial charge in [0.15, 0.2) is 0 Å². The van der Waals surface area contributed by atoms with Crippen LogP contribution in [-0.4, -0.2) is 53.8 Å². The number of anilines is 2. The molecule has 51 heavy (non-hydrogen) atoms. The lowest BCUT2D eigenvalue weighted by molar-refractivity contribution is -0.274. The molecule has 0 bridgehead atoms. The Bertz CT molecular complexity index is 1620. The minimum atomic E-state index is -4.77. The van der Waals surface area contributed by atoms with Gasteiger partial charge in [0.1, 0.15) is 17.4 Å². The maximum atomic E-state index is 13.1. The largest absolute Gasteiger partial charge is 0.573 e. The molecule has 12 heteroatoms. The number of carbonyl (C=O) groups is 1. The van der Waals surface area contributed by atoms with E-state index in [2.05, 4.69) is 44.5 Å². The van der Waals surface area contributed by atoms with Gasteiger partial charge < -0.3 is 30.7 Å². The van der Waals surface area contributed by atoms with Crippen molar-refractivity contribution in [3.05, 3.63) is 77.3 Å². The third kappa shape index (κ3) is 13.4. The number of hydrogen-bond donors (Lipinski definition) is 4. The molecule has 280 valence electrons. The van der Waals surface area contributed by atoms with Crippen molar-refractivity contribution in [1.82, 2.24) is 20.6 Å². The molecule has 1 amide bonds. The van der Waals surface area contributed by atoms with Crippen molar-refractivity contribution in [2.24, 2.45) is 11.8 Å². The van der Waals surface area contributed by atoms with Gasteiger partial charge in [-0.3, -0.25) is 4.79 Å². The Morgan fingerprint density at radius 3 is 2.27 bits per heavy atom. The van der Waals surface area contributed by atoms with Gasteiger partial charge in [-0.25, -0.2) is 9.97 Å². The second kappa shape index (κ2) is 19.3. The lowest BCUT2D eigenvalue weighted by Crippen LogP contribution is -2.41. The number of aromatic nitrogens is 2. The number of allylic oxidation sites excluding steroid dienone is 2. The van der Waals surface area contributed by atoms with Crippen molar-refractivity contribution in [2.45, 2.75) is 105 Å². The summed E-state index contributed by atoms with van der Waals surface area (Å²) < 4.78 is 41.0. The van der Waals surface area contributed by atoms with Gasteiger partial charge in [-0.05, 0) is 113 Å². The highest BCUT2D eigenvalue weighted by molar-refractivity contribution is 5.94. The lowest BCUT2D eigenvalue weighted by atomic mass is 9.80. The van der Waals surface area contributed by atoms with Gasteiger partial charge in [-0.15, -0.1) is 13.2 Å². The number of ether oxygens (including phenoxy) is 1. The zero-order valence-electron chi connectivity index (χ0n) is 31.2. The first-order valence-corrected chi connectivity index (χ1v) is 17.8. The van der Waals surface area contributed by atoms with E-state index in [4.69, 9.17) is 0 Å². The third-order valence-electron chi connectivity index (χ3n) is 9.03. The van der Waals surface area contributed by atoms with Gasteiger partial charge in [-0.1, -0.05) is 45.4 Å². The second-order valence-electron chi connectivity index (χ2n) is 13.5. The highest BCUT2D eigenvalue weighted by atomic mass is 19.4. The Kier molecular flexibility index (Phi) is 15.6. The summed E-state index contributed by atoms with van der Waals surface area (Å²) in [6.07, 6.45) is 3.24. The van der Waals surface area contributed by atoms with Crippen molar-refractivity contribution in [3.63, 3.8) is 0 Å². The van der Waals surface area contributed by atoms with Crippen LogP contribution in [0.5, 0.6) is 5.75 Å². The minimum absolute atomic E-state index is 0.132. The summed E-state index contributed by atoms with van der Waals surface area (Å²) in [5.74, 6) is 2.71. The number of carbonyl (C=O) groups excluding carboxylic acids is 1. The topological polar surface area (TPSA) is 112 Å². The quantitative estimate of drug-likeness (QED) is 0.0793. The van der Waals surface area contributed by atoms with E-state index in [1.165, 1.54) is 25.0 Å². The number of benzene rings is 2. The summed E-state index contributed by atoms with van der Waals surface area (Å²) in [4.78, 5) is 23.9. The molecule has 1 aliphatic carbocycles. The molecule has 4 N–H and O–H groups in total. The molecule has 2 atom stereocenters. The van der Waals surface area contributed by atoms with E-state index in [0.717, 1.165) is 84.2 Å². The van der Waals surface area contributed by atoms with Gasteiger partial charge in [0.25, 0.3) is 0 Å². The zero-order chi connectivity index (χ0) is 37.7. The van der Waals surface area contributed by atoms with E-state index in [1.54, 1.807) is 6.92 Å². The number of nitrogens with one attached hydrogen (secondary N) is 3. The number of aliphatic hydroxyl groups excluding tert-OH is 1. The zero-order valence-corrected chi connectivity index (χ0v) is 31.2. The summed E-state index contributed by atoms with van der Waals surface area (Å²) in [6, 6.07) is 13.2. The first kappa shape index (κ1) is 41.1. The number of para-hydroxylation sites is 1. The fourth-order valence-corrected chi connectivity index (χ4v) is 6.21. The first-order chi connectivity index (χ1) is 24.1. The molecule has 1 saturated carbocycles. The fourth-order valence-electron chi connectivity index (χ4n) is 6.21. The van der Waals surface area contributed by atoms with Crippen LogP contribution in [0.1, 0.15) is 85.4 Å². The average molecular weight is 713 g/mol. The minimum Gasteiger partial charge on any atom is -0.406 e. The first-order valence-electron chi connectivity index (χ1n) is 17.8. The predicted octanol–water partition coefficient (Wildman–Crippen LogP) is 8.61. The molecule has 0 aliphatic heterocycles. The highest BCUT2D eigenvalue weighted by Crippen LogP contribution is 2.31. The Balaban J connectivity index is 0.000000413. The van der Waals surface area contributed by atoms with Crippen LogP contribution in [0.3, 0.4) is 0 Å². The molecular formula is C39H55F3N6O3. The smallest absolute Gasteiger partial charge is 0.406 e. The molecule has 1 heterocycles. The lowest BCUT2D eigenvalue weighted by Gasteiger charge is -2.31. The Morgan fingerprint density at radius 2 is 1.69 bits per heavy atom. The second-order valence-corrected chi connectivity index (χ2v) is 13.5. The number of amides is 1. The van der Waals surface area contributed by atoms with Crippen LogP contribution in [0.25, 0.3) is 10.9 Å². The van der Waals surface area contributed by atoms with Crippen molar-refractivity contribution in [1.29, 1.82) is 0 Å². The van der Waals surface area contributed by atoms with E-state index in [1.807, 2.05) is 70.1 Å². The molecule has 9 nitrogen and oxygen atoms in total. The summed E-state index contributed by atoms with van der Waals surface area (Å²) >= 11 is 0. The van der Waals surface area contributed by atoms with Gasteiger partial charge in [0.2, 0.25) is 12.3 Å². The van der Waals surface area contributed by atoms with Crippen LogP contribution in [0.4, 0.5) is 24.7 Å². The van der Waals surface area contributed by atoms with Crippen LogP contribution in [0.15, 0.2) is 71.5 Å². The number of aryl methyl sites for hydroxylation is 1. The fraction of sp³-hybridized carbons (Fsp3) is 0.513. The van der Waals surface area contributed by atoms with Crippen molar-refractivity contribution in [3.8, 4) is 5.75 Å². The number of alkyl halides is 3. The Morgan fingerprint density at radius 1 is 1.04 bits per heavy atom. The number of nitrogens with zero attached hydrogens (tertiary/aromatic N) is 3. The highest BCUT2D eigenvalue weighted by Gasteiger charge is 2.31. The van der Waals surface area contributed by atoms with Crippen molar-refractivity contribution >= 4 is 28.3 Å². The molecule has 3 aromatic rings. The normalized spacial score (nSPS) is 18.1. The van der Waals surface area contributed by atoms with Crippen LogP contribution in [-0.2, 0) is 4.79 Å². The molecule has 1 aromatic heterocycles. The Labute approximate surface area is 300 Å². The van der Waals surface area contributed by atoms with Gasteiger partial charge in [0.05, 0.1) is 5.52 Å². The van der Waals surface area contributed by atoms with E-state index in [9.17, 15) is 23.1 Å². The van der Waals surface area contributed by atoms with Crippen molar-refractivity contribution < 1.29 is 27.8 Å². The number of halogens is 3. The summed E-state index contributed by atoms with van der Waals surface area (Å²) in [5.41, 5.74) is 3.15. The average Bonchev–Trinajstić information content (AvgIpc) is 3.07. The molecule has 4 rings (SSSR count). The summed E-state index contributed by atoms with van der Waals surface area (Å²) in [5, 5.41) is 20.6. The van der Waals surface area contributed by atoms with Crippen molar-refractivity contribution in [2.75, 3.05) is 24.3 Å². The molecule has 1 aliphatic rings. The van der Waals surface area contributed by atoms with E-state index in [-0.39, 0.29) is 17.7 Å². The van der Waals surface area contributed by atoms with E-state index < -0.39 is 12.7 Å². The SMILES string of the molecule is CC/C=C(C)\C(NC(O)Nc1ccc(OC(F)(F)F)cc1)=C(/C)C(=O)NC1CCC(CC(C)CC)CC1.Cc1nc(N(C)C)c2ccccc2n1. The van der Waals surface area contributed by atoms with Crippen LogP contribution in [0, 0.1) is 18.8 Å². The van der Waals surface area contributed by atoms with E-state index in [0.29, 0.717) is 17.0 Å².